The van der Waals surface area contributed by atoms with E-state index >= 15 is 4.39 Å². The maximum atomic E-state index is 15.9. The van der Waals surface area contributed by atoms with Gasteiger partial charge in [0.15, 0.2) is 23.6 Å². The lowest BCUT2D eigenvalue weighted by Crippen LogP contribution is -2.39. The van der Waals surface area contributed by atoms with Crippen molar-refractivity contribution in [1.82, 2.24) is 24.4 Å². The van der Waals surface area contributed by atoms with Crippen LogP contribution in [0, 0.1) is 0 Å². The van der Waals surface area contributed by atoms with E-state index in [-0.39, 0.29) is 23.7 Å². The average Bonchev–Trinajstić information content (AvgIpc) is 3.65. The van der Waals surface area contributed by atoms with Gasteiger partial charge in [-0.2, -0.15) is 4.98 Å². The average molecular weight is 643 g/mol. The van der Waals surface area contributed by atoms with Crippen LogP contribution < -0.4 is 15.0 Å². The maximum Gasteiger partial charge on any atom is 0.280 e. The highest BCUT2D eigenvalue weighted by atomic mass is 19.1. The molecule has 0 bridgehead atoms. The van der Waals surface area contributed by atoms with Crippen LogP contribution in [0.15, 0.2) is 95.0 Å². The largest absolute Gasteiger partial charge is 0.497 e. The number of nitrogens with zero attached hydrogens (tertiary/aromatic N) is 5. The van der Waals surface area contributed by atoms with Gasteiger partial charge in [-0.25, -0.2) is 14.4 Å². The Morgan fingerprint density at radius 2 is 1.60 bits per heavy atom. The lowest BCUT2D eigenvalue weighted by atomic mass is 9.80. The zero-order valence-electron chi connectivity index (χ0n) is 26.3. The van der Waals surface area contributed by atoms with Crippen LogP contribution in [0.2, 0.25) is 0 Å². The Morgan fingerprint density at radius 3 is 2.17 bits per heavy atom. The van der Waals surface area contributed by atoms with Crippen molar-refractivity contribution in [3.05, 3.63) is 112 Å². The van der Waals surface area contributed by atoms with Gasteiger partial charge >= 0.3 is 0 Å². The van der Waals surface area contributed by atoms with Crippen LogP contribution in [-0.2, 0) is 15.1 Å². The minimum absolute atomic E-state index is 0.0124. The summed E-state index contributed by atoms with van der Waals surface area (Å²) in [6.07, 6.45) is -3.15. The van der Waals surface area contributed by atoms with Crippen molar-refractivity contribution in [2.24, 2.45) is 4.99 Å². The fourth-order valence-electron chi connectivity index (χ4n) is 5.68. The number of alkyl halides is 1. The number of aromatic nitrogens is 4. The number of hydrogen-bond acceptors (Lipinski definition) is 9. The van der Waals surface area contributed by atoms with Gasteiger partial charge in [-0.05, 0) is 41.0 Å². The molecular weight excluding hydrogens is 607 g/mol. The molecule has 1 fully saturated rings. The molecule has 0 spiro atoms. The van der Waals surface area contributed by atoms with Gasteiger partial charge in [0.05, 0.1) is 33.5 Å². The Labute approximate surface area is 270 Å². The number of halogens is 1. The highest BCUT2D eigenvalue weighted by Gasteiger charge is 2.48. The molecule has 3 heterocycles. The number of aromatic amines is 1. The number of nitrogens with one attached hydrogen (secondary N) is 1. The fraction of sp³-hybridized carbons (Fsp3) is 0.294. The van der Waals surface area contributed by atoms with Gasteiger partial charge in [0, 0.05) is 14.1 Å². The second-order valence-electron chi connectivity index (χ2n) is 11.2. The number of hydrogen-bond donors (Lipinski definition) is 2. The van der Waals surface area contributed by atoms with E-state index < -0.39 is 35.8 Å². The summed E-state index contributed by atoms with van der Waals surface area (Å²) in [7, 11) is 6.72. The van der Waals surface area contributed by atoms with Crippen molar-refractivity contribution in [3.8, 4) is 11.5 Å². The summed E-state index contributed by atoms with van der Waals surface area (Å²) in [4.78, 5) is 29.6. The van der Waals surface area contributed by atoms with Crippen molar-refractivity contribution in [2.45, 2.75) is 30.2 Å². The smallest absolute Gasteiger partial charge is 0.280 e. The molecular formula is C34H35FN6O6. The SMILES string of the molecule is COc1ccc(C(OC[C@H]2O[C@@H](n3cnc4c(=O)[nH]c(N=CN(C)C)nc43)[C@@H](F)C2O)(c2ccccc2)c2ccc(OC)cc2)cc1. The van der Waals surface area contributed by atoms with E-state index in [1.807, 2.05) is 78.9 Å². The fourth-order valence-corrected chi connectivity index (χ4v) is 5.68. The van der Waals surface area contributed by atoms with Crippen molar-refractivity contribution >= 4 is 23.5 Å². The van der Waals surface area contributed by atoms with Crippen LogP contribution >= 0.6 is 0 Å². The summed E-state index contributed by atoms with van der Waals surface area (Å²) in [5.74, 6) is 1.34. The van der Waals surface area contributed by atoms with Crippen molar-refractivity contribution in [2.75, 3.05) is 34.9 Å². The molecule has 5 aromatic rings. The highest BCUT2D eigenvalue weighted by molar-refractivity contribution is 5.71. The van der Waals surface area contributed by atoms with Crippen LogP contribution in [0.5, 0.6) is 11.5 Å². The van der Waals surface area contributed by atoms with E-state index in [1.54, 1.807) is 33.2 Å². The van der Waals surface area contributed by atoms with E-state index in [0.717, 1.165) is 16.7 Å². The predicted molar refractivity (Wildman–Crippen MR) is 173 cm³/mol. The quantitative estimate of drug-likeness (QED) is 0.125. The minimum atomic E-state index is -1.89. The van der Waals surface area contributed by atoms with E-state index in [9.17, 15) is 9.90 Å². The first-order valence-corrected chi connectivity index (χ1v) is 14.9. The first-order valence-electron chi connectivity index (χ1n) is 14.9. The summed E-state index contributed by atoms with van der Waals surface area (Å²) in [6, 6.07) is 24.6. The molecule has 1 unspecified atom stereocenters. The number of imidazole rings is 1. The Balaban J connectivity index is 1.37. The Morgan fingerprint density at radius 1 is 1.00 bits per heavy atom. The molecule has 2 aromatic heterocycles. The first-order chi connectivity index (χ1) is 22.7. The number of aliphatic hydroxyl groups is 1. The standard InChI is InChI=1S/C34H35FN6O6/c1-40(2)19-37-33-38-30-28(31(43)39-33)36-20-41(30)32-27(35)29(42)26(47-32)18-46-34(21-8-6-5-7-9-21,22-10-14-24(44-3)15-11-22)23-12-16-25(45-4)17-13-23/h5-17,19-20,26-27,29,32,42H,18H2,1-4H3,(H,38,39,43)/t26-,27+,29?,32-/m1/s1. The lowest BCUT2D eigenvalue weighted by Gasteiger charge is -2.37. The van der Waals surface area contributed by atoms with Crippen molar-refractivity contribution < 1.29 is 28.4 Å². The molecule has 244 valence electrons. The molecule has 0 radical (unpaired) electrons. The number of aliphatic imine (C=N–C) groups is 1. The molecule has 3 aromatic carbocycles. The molecule has 0 amide bonds. The number of fused-ring (bicyclic) bond motifs is 1. The van der Waals surface area contributed by atoms with Crippen LogP contribution in [-0.4, -0.2) is 89.2 Å². The normalized spacial score (nSPS) is 19.8. The lowest BCUT2D eigenvalue weighted by molar-refractivity contribution is -0.0935. The monoisotopic (exact) mass is 642 g/mol. The van der Waals surface area contributed by atoms with Crippen molar-refractivity contribution in [1.29, 1.82) is 0 Å². The van der Waals surface area contributed by atoms with E-state index in [0.29, 0.717) is 11.5 Å². The molecule has 12 nitrogen and oxygen atoms in total. The van der Waals surface area contributed by atoms with Crippen LogP contribution in [0.1, 0.15) is 22.9 Å². The van der Waals surface area contributed by atoms with Gasteiger partial charge in [0.1, 0.15) is 29.3 Å². The molecule has 1 saturated heterocycles. The third-order valence-electron chi connectivity index (χ3n) is 8.04. The van der Waals surface area contributed by atoms with Gasteiger partial charge in [-0.3, -0.25) is 14.3 Å². The predicted octanol–water partition coefficient (Wildman–Crippen LogP) is 3.96. The second kappa shape index (κ2) is 13.3. The van der Waals surface area contributed by atoms with Crippen LogP contribution in [0.25, 0.3) is 11.2 Å². The molecule has 1 aliphatic heterocycles. The zero-order valence-corrected chi connectivity index (χ0v) is 26.3. The number of benzene rings is 3. The molecule has 1 aliphatic rings. The van der Waals surface area contributed by atoms with Gasteiger partial charge in [-0.1, -0.05) is 54.6 Å². The summed E-state index contributed by atoms with van der Waals surface area (Å²) >= 11 is 0. The topological polar surface area (TPSA) is 136 Å². The second-order valence-corrected chi connectivity index (χ2v) is 11.2. The molecule has 13 heteroatoms. The van der Waals surface area contributed by atoms with Crippen LogP contribution in [0.3, 0.4) is 0 Å². The number of ether oxygens (including phenoxy) is 4. The van der Waals surface area contributed by atoms with Gasteiger partial charge < -0.3 is 29.0 Å². The Hall–Kier alpha value is -5.11. The molecule has 0 aliphatic carbocycles. The number of methoxy groups -OCH3 is 2. The van der Waals surface area contributed by atoms with Gasteiger partial charge in [-0.15, -0.1) is 0 Å². The number of rotatable bonds is 11. The van der Waals surface area contributed by atoms with E-state index in [1.165, 1.54) is 17.2 Å². The van der Waals surface area contributed by atoms with Crippen molar-refractivity contribution in [3.63, 3.8) is 0 Å². The van der Waals surface area contributed by atoms with E-state index in [2.05, 4.69) is 19.9 Å². The van der Waals surface area contributed by atoms with E-state index in [4.69, 9.17) is 18.9 Å². The van der Waals surface area contributed by atoms with Crippen LogP contribution in [0.4, 0.5) is 10.3 Å². The minimum Gasteiger partial charge on any atom is -0.497 e. The Bertz CT molecular complexity index is 1850. The summed E-state index contributed by atoms with van der Waals surface area (Å²) in [5, 5.41) is 11.1. The summed E-state index contributed by atoms with van der Waals surface area (Å²) < 4.78 is 41.0. The third kappa shape index (κ3) is 6.08. The number of H-pyrrole nitrogens is 1. The molecule has 0 saturated carbocycles. The zero-order chi connectivity index (χ0) is 33.1. The first kappa shape index (κ1) is 31.9. The summed E-state index contributed by atoms with van der Waals surface area (Å²) in [6.45, 7) is -0.204. The maximum absolute atomic E-state index is 15.9. The third-order valence-corrected chi connectivity index (χ3v) is 8.04. The summed E-state index contributed by atoms with van der Waals surface area (Å²) in [5.41, 5.74) is 0.641. The number of aliphatic hydroxyl groups excluding tert-OH is 1. The van der Waals surface area contributed by atoms with Gasteiger partial charge in [0.25, 0.3) is 5.56 Å². The van der Waals surface area contributed by atoms with Gasteiger partial charge in [0.2, 0.25) is 5.95 Å². The molecule has 2 N–H and O–H groups in total. The molecule has 6 rings (SSSR count). The molecule has 4 atom stereocenters. The highest BCUT2D eigenvalue weighted by Crippen LogP contribution is 2.43. The Kier molecular flexibility index (Phi) is 9.03. The molecule has 47 heavy (non-hydrogen) atoms.